The smallest absolute Gasteiger partial charge is 0.255 e. The third-order valence-corrected chi connectivity index (χ3v) is 5.84. The Morgan fingerprint density at radius 1 is 1.00 bits per heavy atom. The van der Waals surface area contributed by atoms with Gasteiger partial charge in [-0.1, -0.05) is 54.1 Å². The van der Waals surface area contributed by atoms with E-state index in [1.165, 1.54) is 0 Å². The Morgan fingerprint density at radius 3 is 2.47 bits per heavy atom. The monoisotopic (exact) mass is 451 g/mol. The zero-order valence-corrected chi connectivity index (χ0v) is 19.2. The molecule has 0 saturated heterocycles. The van der Waals surface area contributed by atoms with E-state index < -0.39 is 6.04 Å². The largest absolute Gasteiger partial charge is 0.497 e. The fourth-order valence-electron chi connectivity index (χ4n) is 4.17. The topological polar surface area (TPSA) is 81.1 Å². The molecule has 2 heterocycles. The van der Waals surface area contributed by atoms with Crippen LogP contribution in [0.2, 0.25) is 0 Å². The third kappa shape index (κ3) is 4.03. The van der Waals surface area contributed by atoms with Crippen LogP contribution in [0.25, 0.3) is 11.4 Å². The van der Waals surface area contributed by atoms with Crippen LogP contribution in [0.3, 0.4) is 0 Å². The van der Waals surface area contributed by atoms with E-state index in [4.69, 9.17) is 14.8 Å². The molecule has 34 heavy (non-hydrogen) atoms. The molecule has 4 aromatic rings. The predicted molar refractivity (Wildman–Crippen MR) is 133 cm³/mol. The van der Waals surface area contributed by atoms with Crippen LogP contribution in [0, 0.1) is 6.92 Å². The maximum Gasteiger partial charge on any atom is 0.255 e. The van der Waals surface area contributed by atoms with Gasteiger partial charge in [0, 0.05) is 16.9 Å². The number of allylic oxidation sites excluding steroid dienone is 1. The Hall–Kier alpha value is -4.39. The van der Waals surface area contributed by atoms with Crippen molar-refractivity contribution in [1.82, 2.24) is 14.8 Å². The first-order valence-electron chi connectivity index (χ1n) is 11.0. The van der Waals surface area contributed by atoms with Gasteiger partial charge in [0.25, 0.3) is 5.91 Å². The van der Waals surface area contributed by atoms with Crippen molar-refractivity contribution < 1.29 is 9.53 Å². The number of hydrogen-bond donors (Lipinski definition) is 2. The van der Waals surface area contributed by atoms with Gasteiger partial charge in [0.05, 0.1) is 12.7 Å². The van der Waals surface area contributed by atoms with Crippen LogP contribution in [-0.2, 0) is 4.79 Å². The molecule has 7 heteroatoms. The summed E-state index contributed by atoms with van der Waals surface area (Å²) >= 11 is 0. The number of amides is 1. The van der Waals surface area contributed by atoms with Crippen molar-refractivity contribution in [3.8, 4) is 17.1 Å². The number of rotatable bonds is 5. The van der Waals surface area contributed by atoms with Crippen LogP contribution in [0.15, 0.2) is 90.1 Å². The average Bonchev–Trinajstić information content (AvgIpc) is 3.27. The van der Waals surface area contributed by atoms with Gasteiger partial charge in [0.15, 0.2) is 5.82 Å². The Kier molecular flexibility index (Phi) is 5.59. The van der Waals surface area contributed by atoms with E-state index in [2.05, 4.69) is 10.6 Å². The van der Waals surface area contributed by atoms with Gasteiger partial charge in [0.2, 0.25) is 5.95 Å². The summed E-state index contributed by atoms with van der Waals surface area (Å²) in [5.74, 6) is 1.73. The molecular weight excluding hydrogens is 426 g/mol. The number of para-hydroxylation sites is 1. The van der Waals surface area contributed by atoms with Crippen molar-refractivity contribution in [3.63, 3.8) is 0 Å². The molecule has 0 bridgehead atoms. The van der Waals surface area contributed by atoms with E-state index in [0.717, 1.165) is 33.8 Å². The van der Waals surface area contributed by atoms with Crippen molar-refractivity contribution in [2.75, 3.05) is 17.7 Å². The molecule has 0 saturated carbocycles. The molecular formula is C27H25N5O2. The standard InChI is InChI=1S/C27H25N5O2/c1-17-8-7-9-20(16-17)25-30-27-28-18(2)23(26(33)29-21-10-5-4-6-11-21)24(32(27)31-25)19-12-14-22(34-3)15-13-19/h4-16,24H,1-3H3,(H,29,33)(H,28,30,31). The lowest BCUT2D eigenvalue weighted by Gasteiger charge is -2.28. The van der Waals surface area contributed by atoms with Gasteiger partial charge in [-0.15, -0.1) is 5.10 Å². The van der Waals surface area contributed by atoms with Gasteiger partial charge < -0.3 is 15.4 Å². The number of anilines is 2. The second-order valence-electron chi connectivity index (χ2n) is 8.23. The number of methoxy groups -OCH3 is 1. The molecule has 7 nitrogen and oxygen atoms in total. The lowest BCUT2D eigenvalue weighted by atomic mass is 9.95. The first kappa shape index (κ1) is 21.5. The SMILES string of the molecule is COc1ccc(C2C(C(=O)Nc3ccccc3)=C(C)Nc3nc(-c4cccc(C)c4)nn32)cc1. The minimum Gasteiger partial charge on any atom is -0.497 e. The van der Waals surface area contributed by atoms with Gasteiger partial charge in [-0.25, -0.2) is 4.68 Å². The first-order valence-corrected chi connectivity index (χ1v) is 11.0. The van der Waals surface area contributed by atoms with E-state index in [0.29, 0.717) is 17.3 Å². The Bertz CT molecular complexity index is 1370. The first-order chi connectivity index (χ1) is 16.5. The molecule has 1 aromatic heterocycles. The number of fused-ring (bicyclic) bond motifs is 1. The van der Waals surface area contributed by atoms with Crippen molar-refractivity contribution in [2.45, 2.75) is 19.9 Å². The Morgan fingerprint density at radius 2 is 1.76 bits per heavy atom. The van der Waals surface area contributed by atoms with Crippen LogP contribution in [0.1, 0.15) is 24.1 Å². The third-order valence-electron chi connectivity index (χ3n) is 5.84. The maximum absolute atomic E-state index is 13.5. The molecule has 5 rings (SSSR count). The lowest BCUT2D eigenvalue weighted by Crippen LogP contribution is -2.31. The summed E-state index contributed by atoms with van der Waals surface area (Å²) in [4.78, 5) is 18.3. The molecule has 1 atom stereocenters. The second-order valence-corrected chi connectivity index (χ2v) is 8.23. The summed E-state index contributed by atoms with van der Waals surface area (Å²) < 4.78 is 7.12. The summed E-state index contributed by atoms with van der Waals surface area (Å²) in [7, 11) is 1.63. The van der Waals surface area contributed by atoms with Gasteiger partial charge in [0.1, 0.15) is 11.8 Å². The number of nitrogens with zero attached hydrogens (tertiary/aromatic N) is 3. The summed E-state index contributed by atoms with van der Waals surface area (Å²) in [5.41, 5.74) is 4.98. The molecule has 0 fully saturated rings. The number of carbonyl (C=O) groups is 1. The Labute approximate surface area is 198 Å². The number of carbonyl (C=O) groups excluding carboxylic acids is 1. The summed E-state index contributed by atoms with van der Waals surface area (Å²) in [6, 6.07) is 24.7. The molecule has 1 aliphatic rings. The van der Waals surface area contributed by atoms with Gasteiger partial charge in [-0.2, -0.15) is 4.98 Å². The maximum atomic E-state index is 13.5. The molecule has 170 valence electrons. The van der Waals surface area contributed by atoms with E-state index in [1.54, 1.807) is 11.8 Å². The predicted octanol–water partition coefficient (Wildman–Crippen LogP) is 5.19. The van der Waals surface area contributed by atoms with Crippen molar-refractivity contribution in [2.24, 2.45) is 0 Å². The van der Waals surface area contributed by atoms with Gasteiger partial charge in [-0.05, 0) is 49.7 Å². The molecule has 0 radical (unpaired) electrons. The minimum atomic E-state index is -0.461. The normalized spacial score (nSPS) is 14.9. The number of benzene rings is 3. The highest BCUT2D eigenvalue weighted by Crippen LogP contribution is 2.37. The number of aromatic nitrogens is 3. The average molecular weight is 452 g/mol. The molecule has 3 aromatic carbocycles. The number of nitrogens with one attached hydrogen (secondary N) is 2. The molecule has 1 aliphatic heterocycles. The van der Waals surface area contributed by atoms with Crippen LogP contribution >= 0.6 is 0 Å². The van der Waals surface area contributed by atoms with E-state index >= 15 is 0 Å². The van der Waals surface area contributed by atoms with Crippen molar-refractivity contribution in [3.05, 3.63) is 101 Å². The zero-order chi connectivity index (χ0) is 23.7. The van der Waals surface area contributed by atoms with Crippen LogP contribution < -0.4 is 15.4 Å². The zero-order valence-electron chi connectivity index (χ0n) is 19.2. The lowest BCUT2D eigenvalue weighted by molar-refractivity contribution is -0.113. The van der Waals surface area contributed by atoms with Crippen molar-refractivity contribution >= 4 is 17.5 Å². The summed E-state index contributed by atoms with van der Waals surface area (Å²) in [6.07, 6.45) is 0. The van der Waals surface area contributed by atoms with Gasteiger partial charge in [-0.3, -0.25) is 4.79 Å². The Balaban J connectivity index is 1.60. The fourth-order valence-corrected chi connectivity index (χ4v) is 4.17. The van der Waals surface area contributed by atoms with Crippen LogP contribution in [0.5, 0.6) is 5.75 Å². The molecule has 1 unspecified atom stereocenters. The van der Waals surface area contributed by atoms with E-state index in [9.17, 15) is 4.79 Å². The highest BCUT2D eigenvalue weighted by atomic mass is 16.5. The highest BCUT2D eigenvalue weighted by Gasteiger charge is 2.34. The summed E-state index contributed by atoms with van der Waals surface area (Å²) in [6.45, 7) is 3.93. The van der Waals surface area contributed by atoms with Crippen molar-refractivity contribution in [1.29, 1.82) is 0 Å². The molecule has 0 aliphatic carbocycles. The quantitative estimate of drug-likeness (QED) is 0.436. The highest BCUT2D eigenvalue weighted by molar-refractivity contribution is 6.06. The van der Waals surface area contributed by atoms with Crippen LogP contribution in [-0.4, -0.2) is 27.8 Å². The molecule has 2 N–H and O–H groups in total. The molecule has 0 spiro atoms. The van der Waals surface area contributed by atoms with E-state index in [-0.39, 0.29) is 5.91 Å². The number of aryl methyl sites for hydroxylation is 1. The number of ether oxygens (including phenoxy) is 1. The van der Waals surface area contributed by atoms with Gasteiger partial charge >= 0.3 is 0 Å². The minimum absolute atomic E-state index is 0.199. The van der Waals surface area contributed by atoms with E-state index in [1.807, 2.05) is 92.7 Å². The number of hydrogen-bond acceptors (Lipinski definition) is 5. The summed E-state index contributed by atoms with van der Waals surface area (Å²) in [5, 5.41) is 11.1. The fraction of sp³-hybridized carbons (Fsp3) is 0.148. The van der Waals surface area contributed by atoms with Crippen LogP contribution in [0.4, 0.5) is 11.6 Å². The second kappa shape index (κ2) is 8.86. The molecule has 1 amide bonds.